The molecular weight excluding hydrogens is 290 g/mol. The van der Waals surface area contributed by atoms with Crippen LogP contribution in [-0.2, 0) is 4.74 Å². The Hall–Kier alpha value is -1.62. The Balaban J connectivity index is 1.99. The van der Waals surface area contributed by atoms with E-state index in [4.69, 9.17) is 4.74 Å². The number of likely N-dealkylation sites (tertiary alicyclic amines) is 1. The first-order chi connectivity index (χ1) is 10.8. The number of carbonyl (C=O) groups excluding carboxylic acids is 1. The highest BCUT2D eigenvalue weighted by atomic mass is 16.6. The first-order valence-corrected chi connectivity index (χ1v) is 8.39. The van der Waals surface area contributed by atoms with Crippen molar-refractivity contribution >= 4 is 6.09 Å². The molecule has 0 spiro atoms. The topological polar surface area (TPSA) is 45.7 Å². The van der Waals surface area contributed by atoms with Crippen molar-refractivity contribution in [2.45, 2.75) is 58.2 Å². The van der Waals surface area contributed by atoms with Crippen LogP contribution in [0.4, 0.5) is 4.79 Å². The van der Waals surface area contributed by atoms with Crippen molar-refractivity contribution < 1.29 is 9.53 Å². The van der Waals surface area contributed by atoms with Gasteiger partial charge in [-0.1, -0.05) is 6.07 Å². The molecule has 0 bridgehead atoms. The Morgan fingerprint density at radius 3 is 2.78 bits per heavy atom. The van der Waals surface area contributed by atoms with Crippen molar-refractivity contribution in [3.63, 3.8) is 0 Å². The lowest BCUT2D eigenvalue weighted by Crippen LogP contribution is -2.50. The van der Waals surface area contributed by atoms with E-state index in [9.17, 15) is 4.79 Å². The Morgan fingerprint density at radius 1 is 1.43 bits per heavy atom. The normalized spacial score (nSPS) is 20.4. The number of amides is 1. The van der Waals surface area contributed by atoms with E-state index in [1.165, 1.54) is 0 Å². The highest BCUT2D eigenvalue weighted by molar-refractivity contribution is 5.68. The fourth-order valence-electron chi connectivity index (χ4n) is 2.93. The Kier molecular flexibility index (Phi) is 5.63. The first kappa shape index (κ1) is 17.7. The van der Waals surface area contributed by atoms with Crippen molar-refractivity contribution in [3.8, 4) is 0 Å². The van der Waals surface area contributed by atoms with E-state index >= 15 is 0 Å². The smallest absolute Gasteiger partial charge is 0.410 e. The lowest BCUT2D eigenvalue weighted by atomic mass is 10.0. The van der Waals surface area contributed by atoms with E-state index in [-0.39, 0.29) is 12.1 Å². The molecule has 2 rings (SSSR count). The molecule has 0 radical (unpaired) electrons. The fourth-order valence-corrected chi connectivity index (χ4v) is 2.93. The minimum atomic E-state index is -0.447. The molecule has 0 aliphatic carbocycles. The monoisotopic (exact) mass is 319 g/mol. The van der Waals surface area contributed by atoms with Gasteiger partial charge >= 0.3 is 6.09 Å². The highest BCUT2D eigenvalue weighted by Crippen LogP contribution is 2.24. The highest BCUT2D eigenvalue weighted by Gasteiger charge is 2.31. The third-order valence-corrected chi connectivity index (χ3v) is 4.35. The van der Waals surface area contributed by atoms with E-state index in [2.05, 4.69) is 29.9 Å². The minimum Gasteiger partial charge on any atom is -0.444 e. The second-order valence-electron chi connectivity index (χ2n) is 7.32. The van der Waals surface area contributed by atoms with E-state index in [1.54, 1.807) is 0 Å². The fraction of sp³-hybridized carbons (Fsp3) is 0.667. The number of pyridine rings is 1. The molecule has 2 heterocycles. The van der Waals surface area contributed by atoms with Crippen molar-refractivity contribution in [2.75, 3.05) is 20.1 Å². The van der Waals surface area contributed by atoms with Crippen LogP contribution in [0.5, 0.6) is 0 Å². The average Bonchev–Trinajstić information content (AvgIpc) is 2.53. The molecule has 23 heavy (non-hydrogen) atoms. The van der Waals surface area contributed by atoms with E-state index < -0.39 is 5.60 Å². The van der Waals surface area contributed by atoms with Crippen molar-refractivity contribution in [1.29, 1.82) is 0 Å². The molecule has 1 aliphatic rings. The third kappa shape index (κ3) is 4.93. The lowest BCUT2D eigenvalue weighted by Gasteiger charge is -2.40. The third-order valence-electron chi connectivity index (χ3n) is 4.35. The summed E-state index contributed by atoms with van der Waals surface area (Å²) in [4.78, 5) is 20.9. The summed E-state index contributed by atoms with van der Waals surface area (Å²) in [6.07, 6.45) is 3.71. The maximum atomic E-state index is 12.3. The molecule has 2 atom stereocenters. The van der Waals surface area contributed by atoms with Crippen LogP contribution in [-0.4, -0.2) is 52.7 Å². The molecule has 0 N–H and O–H groups in total. The second-order valence-corrected chi connectivity index (χ2v) is 7.32. The molecule has 0 aromatic carbocycles. The van der Waals surface area contributed by atoms with Gasteiger partial charge in [-0.05, 0) is 59.7 Å². The summed E-state index contributed by atoms with van der Waals surface area (Å²) >= 11 is 0. The molecule has 5 nitrogen and oxygen atoms in total. The zero-order chi connectivity index (χ0) is 17.0. The van der Waals surface area contributed by atoms with Gasteiger partial charge in [0.05, 0.1) is 5.69 Å². The van der Waals surface area contributed by atoms with Gasteiger partial charge in [0, 0.05) is 31.4 Å². The van der Waals surface area contributed by atoms with E-state index in [0.717, 1.165) is 25.1 Å². The maximum Gasteiger partial charge on any atom is 0.410 e. The largest absolute Gasteiger partial charge is 0.444 e. The molecule has 1 aliphatic heterocycles. The van der Waals surface area contributed by atoms with Gasteiger partial charge in [0.2, 0.25) is 0 Å². The number of hydrogen-bond acceptors (Lipinski definition) is 4. The molecule has 0 saturated carbocycles. The maximum absolute atomic E-state index is 12.3. The summed E-state index contributed by atoms with van der Waals surface area (Å²) in [5, 5.41) is 0. The summed E-state index contributed by atoms with van der Waals surface area (Å²) in [7, 11) is 2.11. The van der Waals surface area contributed by atoms with Crippen LogP contribution in [0.1, 0.15) is 52.3 Å². The van der Waals surface area contributed by atoms with Crippen molar-refractivity contribution in [3.05, 3.63) is 30.1 Å². The van der Waals surface area contributed by atoms with Crippen LogP contribution in [0.25, 0.3) is 0 Å². The predicted octanol–water partition coefficient (Wildman–Crippen LogP) is 3.47. The van der Waals surface area contributed by atoms with E-state index in [0.29, 0.717) is 12.6 Å². The Morgan fingerprint density at radius 2 is 2.17 bits per heavy atom. The van der Waals surface area contributed by atoms with E-state index in [1.807, 2.05) is 44.0 Å². The molecule has 5 heteroatoms. The molecule has 1 aromatic heterocycles. The average molecular weight is 319 g/mol. The molecule has 0 unspecified atom stereocenters. The van der Waals surface area contributed by atoms with Gasteiger partial charge in [0.25, 0.3) is 0 Å². The van der Waals surface area contributed by atoms with Gasteiger partial charge in [-0.15, -0.1) is 0 Å². The van der Waals surface area contributed by atoms with Crippen molar-refractivity contribution in [1.82, 2.24) is 14.8 Å². The van der Waals surface area contributed by atoms with Crippen molar-refractivity contribution in [2.24, 2.45) is 0 Å². The number of ether oxygens (including phenoxy) is 1. The summed E-state index contributed by atoms with van der Waals surface area (Å²) in [5.41, 5.74) is 0.612. The predicted molar refractivity (Wildman–Crippen MR) is 91.2 cm³/mol. The summed E-state index contributed by atoms with van der Waals surface area (Å²) in [5.74, 6) is 0. The van der Waals surface area contributed by atoms with Gasteiger partial charge in [-0.25, -0.2) is 4.79 Å². The van der Waals surface area contributed by atoms with Crippen LogP contribution in [0, 0.1) is 0 Å². The van der Waals surface area contributed by atoms with Gasteiger partial charge in [-0.2, -0.15) is 0 Å². The zero-order valence-corrected chi connectivity index (χ0v) is 15.0. The number of likely N-dealkylation sites (N-methyl/N-ethyl adjacent to an activating group) is 1. The zero-order valence-electron chi connectivity index (χ0n) is 15.0. The summed E-state index contributed by atoms with van der Waals surface area (Å²) < 4.78 is 5.51. The summed E-state index contributed by atoms with van der Waals surface area (Å²) in [6, 6.07) is 6.55. The van der Waals surface area contributed by atoms with Crippen LogP contribution in [0.15, 0.2) is 24.4 Å². The number of carbonyl (C=O) groups is 1. The van der Waals surface area contributed by atoms with Gasteiger partial charge in [0.1, 0.15) is 5.60 Å². The molecule has 1 aromatic rings. The summed E-state index contributed by atoms with van der Waals surface area (Å²) in [6.45, 7) is 9.36. The molecule has 1 saturated heterocycles. The lowest BCUT2D eigenvalue weighted by molar-refractivity contribution is 0.00959. The molecule has 128 valence electrons. The van der Waals surface area contributed by atoms with Gasteiger partial charge in [-0.3, -0.25) is 9.88 Å². The number of nitrogens with zero attached hydrogens (tertiary/aromatic N) is 3. The number of rotatable bonds is 3. The molecule has 1 fully saturated rings. The van der Waals surface area contributed by atoms with Crippen LogP contribution in [0.2, 0.25) is 0 Å². The van der Waals surface area contributed by atoms with Crippen LogP contribution in [0.3, 0.4) is 0 Å². The molecular formula is C18H29N3O2. The van der Waals surface area contributed by atoms with Crippen LogP contribution >= 0.6 is 0 Å². The van der Waals surface area contributed by atoms with Gasteiger partial charge < -0.3 is 9.64 Å². The standard InChI is InChI=1S/C18H29N3O2/c1-14(16-10-6-7-11-19-16)20(5)15-9-8-12-21(13-15)17(22)23-18(2,3)4/h6-7,10-11,14-15H,8-9,12-13H2,1-5H3/t14-,15-/m1/s1. The van der Waals surface area contributed by atoms with Crippen LogP contribution < -0.4 is 0 Å². The first-order valence-electron chi connectivity index (χ1n) is 8.39. The number of hydrogen-bond donors (Lipinski definition) is 0. The molecule has 1 amide bonds. The Bertz CT molecular complexity index is 513. The Labute approximate surface area is 139 Å². The quantitative estimate of drug-likeness (QED) is 0.856. The number of aromatic nitrogens is 1. The second kappa shape index (κ2) is 7.30. The number of piperidine rings is 1. The minimum absolute atomic E-state index is 0.207. The van der Waals surface area contributed by atoms with Gasteiger partial charge in [0.15, 0.2) is 0 Å². The SMILES string of the molecule is C[C@H](c1ccccn1)N(C)[C@@H]1CCCN(C(=O)OC(C)(C)C)C1.